The Morgan fingerprint density at radius 2 is 1.83 bits per heavy atom. The zero-order valence-electron chi connectivity index (χ0n) is 40.0. The SMILES string of the molecule is CCn1c(-c2cccnc2[C@H](C)OC)c(CC(C)(C)COO)c2cc(-c3csc(C[C@H](NC(=O)[C@H](C(C)C)N(C)C(=O)[C@@H]4CN(C(=O)OC)C[C@@H]4C)C(=O)NCCC[C@@H](C)N)n3)ccc21. The van der Waals surface area contributed by atoms with Crippen LogP contribution in [0.1, 0.15) is 90.6 Å². The number of hydrogen-bond acceptors (Lipinski definition) is 12. The highest BCUT2D eigenvalue weighted by Gasteiger charge is 2.42. The Balaban J connectivity index is 1.48. The molecule has 4 amide bonds. The highest BCUT2D eigenvalue weighted by molar-refractivity contribution is 7.10. The van der Waals surface area contributed by atoms with Crippen LogP contribution in [0.2, 0.25) is 0 Å². The molecule has 0 saturated carbocycles. The summed E-state index contributed by atoms with van der Waals surface area (Å²) in [6, 6.07) is 8.40. The maximum Gasteiger partial charge on any atom is 0.409 e. The van der Waals surface area contributed by atoms with E-state index in [1.54, 1.807) is 20.4 Å². The van der Waals surface area contributed by atoms with E-state index in [1.165, 1.54) is 28.2 Å². The number of nitrogens with one attached hydrogen (secondary N) is 2. The zero-order chi connectivity index (χ0) is 47.7. The van der Waals surface area contributed by atoms with Gasteiger partial charge in [0.15, 0.2) is 0 Å². The number of rotatable bonds is 21. The standard InChI is InChI=1S/C48H70N8O8S/c1-12-56-39-18-17-32(21-34(39)35(23-48(7,8)27-64-61)43(56)33-16-14-19-50-41(33)31(6)62-10)38-26-65-40(52-38)22-37(44(57)51-20-13-15-30(5)49)53-45(58)42(28(2)3)54(9)46(59)36-25-55(24-29(36)4)47(60)63-11/h14,16-19,21,26,28-31,36-37,42,61H,12-13,15,20,22-25,27,49H2,1-11H3,(H,51,57)(H,53,58)/t29-,30+,31-,36+,37-,42-/m0/s1. The second-order valence-corrected chi connectivity index (χ2v) is 19.6. The molecule has 1 aromatic carbocycles. The molecule has 0 spiro atoms. The molecule has 65 heavy (non-hydrogen) atoms. The number of likely N-dealkylation sites (N-methyl/N-ethyl adjacent to an activating group) is 1. The Morgan fingerprint density at radius 3 is 2.48 bits per heavy atom. The molecular formula is C48H70N8O8S. The van der Waals surface area contributed by atoms with Crippen molar-refractivity contribution in [3.63, 3.8) is 0 Å². The second-order valence-electron chi connectivity index (χ2n) is 18.6. The Labute approximate surface area is 387 Å². The number of methoxy groups -OCH3 is 2. The van der Waals surface area contributed by atoms with E-state index in [9.17, 15) is 24.4 Å². The molecule has 17 heteroatoms. The molecule has 1 aliphatic rings. The molecule has 4 heterocycles. The van der Waals surface area contributed by atoms with E-state index in [0.717, 1.165) is 51.1 Å². The fraction of sp³-hybridized carbons (Fsp3) is 0.583. The average molecular weight is 919 g/mol. The lowest BCUT2D eigenvalue weighted by Crippen LogP contribution is -2.57. The van der Waals surface area contributed by atoms with Crippen molar-refractivity contribution in [3.8, 4) is 22.5 Å². The predicted molar refractivity (Wildman–Crippen MR) is 253 cm³/mol. The Kier molecular flexibility index (Phi) is 17.7. The molecule has 1 saturated heterocycles. The van der Waals surface area contributed by atoms with E-state index in [1.807, 2.05) is 52.1 Å². The van der Waals surface area contributed by atoms with E-state index < -0.39 is 35.4 Å². The van der Waals surface area contributed by atoms with Crippen LogP contribution in [-0.4, -0.2) is 119 Å². The number of hydrogen-bond donors (Lipinski definition) is 4. The van der Waals surface area contributed by atoms with Gasteiger partial charge in [-0.2, -0.15) is 0 Å². The lowest BCUT2D eigenvalue weighted by molar-refractivity contribution is -0.259. The summed E-state index contributed by atoms with van der Waals surface area (Å²) >= 11 is 1.40. The topological polar surface area (TPSA) is 203 Å². The van der Waals surface area contributed by atoms with Gasteiger partial charge in [-0.25, -0.2) is 14.7 Å². The molecule has 0 radical (unpaired) electrons. The summed E-state index contributed by atoms with van der Waals surface area (Å²) in [5.74, 6) is -2.02. The highest BCUT2D eigenvalue weighted by Crippen LogP contribution is 2.42. The summed E-state index contributed by atoms with van der Waals surface area (Å²) in [6.45, 7) is 17.5. The molecule has 0 unspecified atom stereocenters. The number of carbonyl (C=O) groups is 4. The monoisotopic (exact) mass is 919 g/mol. The van der Waals surface area contributed by atoms with Gasteiger partial charge in [-0.3, -0.25) is 24.6 Å². The van der Waals surface area contributed by atoms with Crippen molar-refractivity contribution < 1.29 is 38.8 Å². The van der Waals surface area contributed by atoms with Gasteiger partial charge in [0.1, 0.15) is 12.1 Å². The van der Waals surface area contributed by atoms with Gasteiger partial charge in [-0.05, 0) is 87.1 Å². The average Bonchev–Trinajstić information content (AvgIpc) is 3.98. The molecule has 0 aliphatic carbocycles. The molecule has 5 N–H and O–H groups in total. The molecule has 0 bridgehead atoms. The quantitative estimate of drug-likeness (QED) is 0.0394. The minimum atomic E-state index is -0.990. The number of thiazole rings is 1. The number of ether oxygens (including phenoxy) is 2. The van der Waals surface area contributed by atoms with Crippen molar-refractivity contribution in [2.45, 2.75) is 112 Å². The number of aromatic nitrogens is 3. The first kappa shape index (κ1) is 51.1. The normalized spacial score (nSPS) is 17.2. The van der Waals surface area contributed by atoms with E-state index in [0.29, 0.717) is 37.5 Å². The Hall–Kier alpha value is -4.94. The maximum absolute atomic E-state index is 14.3. The fourth-order valence-electron chi connectivity index (χ4n) is 8.98. The number of benzene rings is 1. The number of amides is 4. The van der Waals surface area contributed by atoms with Gasteiger partial charge in [0, 0.05) is 86.4 Å². The third kappa shape index (κ3) is 12.1. The summed E-state index contributed by atoms with van der Waals surface area (Å²) in [6.07, 6.45) is 3.11. The van der Waals surface area contributed by atoms with Crippen LogP contribution in [0.5, 0.6) is 0 Å². The number of likely N-dealkylation sites (tertiary alicyclic amines) is 1. The Morgan fingerprint density at radius 1 is 1.09 bits per heavy atom. The van der Waals surface area contributed by atoms with E-state index >= 15 is 0 Å². The second kappa shape index (κ2) is 22.5. The molecule has 1 aliphatic heterocycles. The summed E-state index contributed by atoms with van der Waals surface area (Å²) in [5.41, 5.74) is 12.1. The van der Waals surface area contributed by atoms with Gasteiger partial charge >= 0.3 is 6.09 Å². The maximum atomic E-state index is 14.3. The lowest BCUT2D eigenvalue weighted by atomic mass is 9.84. The van der Waals surface area contributed by atoms with Crippen LogP contribution >= 0.6 is 11.3 Å². The fourth-order valence-corrected chi connectivity index (χ4v) is 9.83. The largest absolute Gasteiger partial charge is 0.453 e. The molecule has 6 atom stereocenters. The first-order valence-electron chi connectivity index (χ1n) is 22.6. The van der Waals surface area contributed by atoms with Gasteiger partial charge in [0.2, 0.25) is 17.7 Å². The molecule has 1 fully saturated rings. The smallest absolute Gasteiger partial charge is 0.409 e. The van der Waals surface area contributed by atoms with Crippen molar-refractivity contribution in [2.75, 3.05) is 47.5 Å². The summed E-state index contributed by atoms with van der Waals surface area (Å²) < 4.78 is 13.0. The third-order valence-corrected chi connectivity index (χ3v) is 13.3. The van der Waals surface area contributed by atoms with Crippen LogP contribution in [0.15, 0.2) is 41.9 Å². The predicted octanol–water partition coefficient (Wildman–Crippen LogP) is 6.70. The molecule has 356 valence electrons. The van der Waals surface area contributed by atoms with Crippen molar-refractivity contribution in [1.29, 1.82) is 0 Å². The van der Waals surface area contributed by atoms with Crippen LogP contribution in [0.25, 0.3) is 33.4 Å². The third-order valence-electron chi connectivity index (χ3n) is 12.4. The summed E-state index contributed by atoms with van der Waals surface area (Å²) in [7, 11) is 4.59. The van der Waals surface area contributed by atoms with Gasteiger partial charge in [-0.15, -0.1) is 11.3 Å². The van der Waals surface area contributed by atoms with E-state index in [4.69, 9.17) is 30.1 Å². The first-order chi connectivity index (χ1) is 30.9. The highest BCUT2D eigenvalue weighted by atomic mass is 32.1. The van der Waals surface area contributed by atoms with Crippen LogP contribution in [0.3, 0.4) is 0 Å². The number of aryl methyl sites for hydroxylation is 1. The Bertz CT molecular complexity index is 2270. The van der Waals surface area contributed by atoms with Crippen LogP contribution in [0, 0.1) is 23.2 Å². The number of nitrogens with zero attached hydrogens (tertiary/aromatic N) is 5. The lowest BCUT2D eigenvalue weighted by Gasteiger charge is -2.33. The minimum Gasteiger partial charge on any atom is -0.453 e. The van der Waals surface area contributed by atoms with Gasteiger partial charge < -0.3 is 40.2 Å². The van der Waals surface area contributed by atoms with Crippen molar-refractivity contribution in [2.24, 2.45) is 28.9 Å². The van der Waals surface area contributed by atoms with Gasteiger partial charge in [-0.1, -0.05) is 40.7 Å². The van der Waals surface area contributed by atoms with E-state index in [2.05, 4.69) is 54.2 Å². The number of fused-ring (bicyclic) bond motifs is 1. The zero-order valence-corrected chi connectivity index (χ0v) is 40.8. The molecule has 4 aromatic rings. The molecule has 5 rings (SSSR count). The number of pyridine rings is 1. The number of carbonyl (C=O) groups excluding carboxylic acids is 4. The van der Waals surface area contributed by atoms with Crippen molar-refractivity contribution >= 4 is 46.1 Å². The van der Waals surface area contributed by atoms with E-state index in [-0.39, 0.29) is 55.4 Å². The summed E-state index contributed by atoms with van der Waals surface area (Å²) in [5, 5.41) is 19.2. The minimum absolute atomic E-state index is 0.0195. The van der Waals surface area contributed by atoms with Crippen LogP contribution < -0.4 is 16.4 Å². The number of nitrogens with two attached hydrogens (primary N) is 1. The van der Waals surface area contributed by atoms with Crippen LogP contribution in [0.4, 0.5) is 4.79 Å². The first-order valence-corrected chi connectivity index (χ1v) is 23.5. The van der Waals surface area contributed by atoms with Crippen LogP contribution in [-0.2, 0) is 48.1 Å². The molecule has 16 nitrogen and oxygen atoms in total. The molecular weight excluding hydrogens is 849 g/mol. The van der Waals surface area contributed by atoms with Crippen molar-refractivity contribution in [3.05, 3.63) is 58.2 Å². The summed E-state index contributed by atoms with van der Waals surface area (Å²) in [4.78, 5) is 71.9. The van der Waals surface area contributed by atoms with Gasteiger partial charge in [0.05, 0.1) is 47.8 Å². The van der Waals surface area contributed by atoms with Crippen molar-refractivity contribution in [1.82, 2.24) is 35.0 Å². The molecule has 3 aromatic heterocycles. The van der Waals surface area contributed by atoms with Gasteiger partial charge in [0.25, 0.3) is 0 Å².